The quantitative estimate of drug-likeness (QED) is 0.628. The van der Waals surface area contributed by atoms with Crippen LogP contribution in [0.15, 0.2) is 0 Å². The van der Waals surface area contributed by atoms with Gasteiger partial charge in [0.2, 0.25) is 0 Å². The first-order valence-corrected chi connectivity index (χ1v) is 7.82. The van der Waals surface area contributed by atoms with Crippen LogP contribution in [0, 0.1) is 5.92 Å². The van der Waals surface area contributed by atoms with Crippen LogP contribution in [0.25, 0.3) is 0 Å². The smallest absolute Gasteiger partial charge is 0.308 e. The van der Waals surface area contributed by atoms with Crippen molar-refractivity contribution in [2.24, 2.45) is 11.7 Å². The van der Waals surface area contributed by atoms with Crippen LogP contribution in [-0.4, -0.2) is 44.9 Å². The summed E-state index contributed by atoms with van der Waals surface area (Å²) in [6.45, 7) is 3.78. The van der Waals surface area contributed by atoms with Crippen LogP contribution in [0.4, 0.5) is 0 Å². The molecule has 20 heavy (non-hydrogen) atoms. The lowest BCUT2D eigenvalue weighted by Gasteiger charge is -2.31. The van der Waals surface area contributed by atoms with Gasteiger partial charge in [0.1, 0.15) is 0 Å². The van der Waals surface area contributed by atoms with Crippen molar-refractivity contribution >= 4 is 5.97 Å². The Morgan fingerprint density at radius 2 is 2.05 bits per heavy atom. The molecule has 0 amide bonds. The average Bonchev–Trinajstić information content (AvgIpc) is 2.46. The maximum atomic E-state index is 11.7. The van der Waals surface area contributed by atoms with E-state index in [1.54, 1.807) is 7.11 Å². The van der Waals surface area contributed by atoms with E-state index >= 15 is 0 Å². The van der Waals surface area contributed by atoms with E-state index < -0.39 is 0 Å². The second-order valence-electron chi connectivity index (χ2n) is 5.55. The second kappa shape index (κ2) is 10.1. The lowest BCUT2D eigenvalue weighted by Crippen LogP contribution is -2.43. The first-order valence-electron chi connectivity index (χ1n) is 7.82. The lowest BCUT2D eigenvalue weighted by molar-refractivity contribution is -0.149. The molecule has 1 aliphatic rings. The van der Waals surface area contributed by atoms with Gasteiger partial charge in [-0.1, -0.05) is 0 Å². The summed E-state index contributed by atoms with van der Waals surface area (Å²) in [7, 11) is 1.73. The van der Waals surface area contributed by atoms with Gasteiger partial charge in [0.25, 0.3) is 0 Å². The minimum absolute atomic E-state index is 0.0254. The highest BCUT2D eigenvalue weighted by atomic mass is 16.5. The second-order valence-corrected chi connectivity index (χ2v) is 5.55. The SMILES string of the molecule is CCOC(=O)C1CCC(NC(CCCN)COC)CC1. The highest BCUT2D eigenvalue weighted by Gasteiger charge is 2.28. The molecule has 1 unspecified atom stereocenters. The Kier molecular flexibility index (Phi) is 8.82. The molecule has 0 aromatic heterocycles. The molecule has 3 N–H and O–H groups in total. The molecule has 5 heteroatoms. The fourth-order valence-corrected chi connectivity index (χ4v) is 2.87. The summed E-state index contributed by atoms with van der Waals surface area (Å²) in [5, 5.41) is 3.65. The number of carbonyl (C=O) groups excluding carboxylic acids is 1. The van der Waals surface area contributed by atoms with Crippen molar-refractivity contribution < 1.29 is 14.3 Å². The van der Waals surface area contributed by atoms with Crippen LogP contribution in [0.3, 0.4) is 0 Å². The number of hydrogen-bond acceptors (Lipinski definition) is 5. The summed E-state index contributed by atoms with van der Waals surface area (Å²) in [6, 6.07) is 0.853. The van der Waals surface area contributed by atoms with Gasteiger partial charge in [0.05, 0.1) is 19.1 Å². The predicted octanol–water partition coefficient (Wildman–Crippen LogP) is 1.45. The van der Waals surface area contributed by atoms with E-state index in [0.29, 0.717) is 18.7 Å². The van der Waals surface area contributed by atoms with Gasteiger partial charge in [0, 0.05) is 19.2 Å². The van der Waals surface area contributed by atoms with Crippen LogP contribution >= 0.6 is 0 Å². The van der Waals surface area contributed by atoms with E-state index in [4.69, 9.17) is 15.2 Å². The zero-order chi connectivity index (χ0) is 14.8. The monoisotopic (exact) mass is 286 g/mol. The standard InChI is InChI=1S/C15H30N2O3/c1-3-20-15(18)12-6-8-13(9-7-12)17-14(11-19-2)5-4-10-16/h12-14,17H,3-11,16H2,1-2H3. The van der Waals surface area contributed by atoms with E-state index in [1.807, 2.05) is 6.92 Å². The molecule has 0 heterocycles. The number of nitrogens with two attached hydrogens (primary N) is 1. The van der Waals surface area contributed by atoms with Gasteiger partial charge < -0.3 is 20.5 Å². The van der Waals surface area contributed by atoms with Crippen molar-refractivity contribution in [1.29, 1.82) is 0 Å². The molecule has 0 bridgehead atoms. The number of nitrogens with one attached hydrogen (secondary N) is 1. The number of hydrogen-bond donors (Lipinski definition) is 2. The molecule has 0 saturated heterocycles. The molecule has 0 aromatic rings. The highest BCUT2D eigenvalue weighted by molar-refractivity contribution is 5.72. The summed E-state index contributed by atoms with van der Waals surface area (Å²) < 4.78 is 10.4. The Morgan fingerprint density at radius 1 is 1.35 bits per heavy atom. The maximum absolute atomic E-state index is 11.7. The highest BCUT2D eigenvalue weighted by Crippen LogP contribution is 2.25. The van der Waals surface area contributed by atoms with E-state index in [1.165, 1.54) is 0 Å². The van der Waals surface area contributed by atoms with E-state index in [-0.39, 0.29) is 11.9 Å². The average molecular weight is 286 g/mol. The topological polar surface area (TPSA) is 73.6 Å². The number of methoxy groups -OCH3 is 1. The maximum Gasteiger partial charge on any atom is 0.308 e. The molecule has 1 atom stereocenters. The van der Waals surface area contributed by atoms with Crippen LogP contribution in [0.2, 0.25) is 0 Å². The Bertz CT molecular complexity index is 266. The predicted molar refractivity (Wildman–Crippen MR) is 79.5 cm³/mol. The summed E-state index contributed by atoms with van der Waals surface area (Å²) in [6.07, 6.45) is 5.97. The molecule has 118 valence electrons. The van der Waals surface area contributed by atoms with E-state index in [9.17, 15) is 4.79 Å². The van der Waals surface area contributed by atoms with Gasteiger partial charge in [-0.15, -0.1) is 0 Å². The Balaban J connectivity index is 2.30. The molecule has 0 aliphatic heterocycles. The van der Waals surface area contributed by atoms with Gasteiger partial charge in [-0.3, -0.25) is 4.79 Å². The van der Waals surface area contributed by atoms with Crippen LogP contribution in [0.1, 0.15) is 45.4 Å². The Morgan fingerprint density at radius 3 is 2.60 bits per heavy atom. The van der Waals surface area contributed by atoms with Crippen molar-refractivity contribution in [1.82, 2.24) is 5.32 Å². The fourth-order valence-electron chi connectivity index (χ4n) is 2.87. The Hall–Kier alpha value is -0.650. The molecular formula is C15H30N2O3. The summed E-state index contributed by atoms with van der Waals surface area (Å²) >= 11 is 0. The summed E-state index contributed by atoms with van der Waals surface area (Å²) in [5.41, 5.74) is 5.57. The molecule has 0 radical (unpaired) electrons. The molecule has 1 aliphatic carbocycles. The largest absolute Gasteiger partial charge is 0.466 e. The zero-order valence-electron chi connectivity index (χ0n) is 12.9. The van der Waals surface area contributed by atoms with Crippen LogP contribution in [0.5, 0.6) is 0 Å². The van der Waals surface area contributed by atoms with Gasteiger partial charge in [0.15, 0.2) is 0 Å². The first-order chi connectivity index (χ1) is 9.71. The third kappa shape index (κ3) is 6.20. The number of esters is 1. The van der Waals surface area contributed by atoms with Crippen molar-refractivity contribution in [3.63, 3.8) is 0 Å². The van der Waals surface area contributed by atoms with Crippen LogP contribution in [-0.2, 0) is 14.3 Å². The number of carbonyl (C=O) groups is 1. The first kappa shape index (κ1) is 17.4. The summed E-state index contributed by atoms with van der Waals surface area (Å²) in [4.78, 5) is 11.7. The lowest BCUT2D eigenvalue weighted by atomic mass is 9.85. The van der Waals surface area contributed by atoms with Crippen molar-refractivity contribution in [3.05, 3.63) is 0 Å². The number of ether oxygens (including phenoxy) is 2. The molecule has 1 rings (SSSR count). The van der Waals surface area contributed by atoms with E-state index in [0.717, 1.165) is 51.7 Å². The normalized spacial score (nSPS) is 24.4. The van der Waals surface area contributed by atoms with Crippen molar-refractivity contribution in [3.8, 4) is 0 Å². The number of rotatable bonds is 9. The Labute approximate surface area is 122 Å². The zero-order valence-corrected chi connectivity index (χ0v) is 12.9. The third-order valence-electron chi connectivity index (χ3n) is 3.94. The van der Waals surface area contributed by atoms with Gasteiger partial charge >= 0.3 is 5.97 Å². The third-order valence-corrected chi connectivity index (χ3v) is 3.94. The van der Waals surface area contributed by atoms with Gasteiger partial charge in [-0.25, -0.2) is 0 Å². The van der Waals surface area contributed by atoms with Crippen molar-refractivity contribution in [2.75, 3.05) is 26.9 Å². The molecule has 1 saturated carbocycles. The van der Waals surface area contributed by atoms with Gasteiger partial charge in [-0.2, -0.15) is 0 Å². The summed E-state index contributed by atoms with van der Waals surface area (Å²) in [5.74, 6) is 0.0699. The molecule has 0 spiro atoms. The minimum atomic E-state index is -0.0254. The van der Waals surface area contributed by atoms with Gasteiger partial charge in [-0.05, 0) is 52.0 Å². The van der Waals surface area contributed by atoms with Crippen LogP contribution < -0.4 is 11.1 Å². The molecular weight excluding hydrogens is 256 g/mol. The van der Waals surface area contributed by atoms with E-state index in [2.05, 4.69) is 5.32 Å². The minimum Gasteiger partial charge on any atom is -0.466 e. The fraction of sp³-hybridized carbons (Fsp3) is 0.933. The molecule has 5 nitrogen and oxygen atoms in total. The molecule has 0 aromatic carbocycles. The molecule has 1 fully saturated rings. The van der Waals surface area contributed by atoms with Crippen molar-refractivity contribution in [2.45, 2.75) is 57.5 Å².